The Morgan fingerprint density at radius 2 is 1.29 bits per heavy atom. The lowest BCUT2D eigenvalue weighted by molar-refractivity contribution is 0.598. The quantitative estimate of drug-likeness (QED) is 0.635. The number of hydrogen-bond acceptors (Lipinski definition) is 4. The molecular weight excluding hydrogens is 403 g/mol. The fourth-order valence-corrected chi connectivity index (χ4v) is 4.90. The van der Waals surface area contributed by atoms with Gasteiger partial charge in [0.15, 0.2) is 0 Å². The first-order valence-electron chi connectivity index (χ1n) is 8.14. The molecule has 0 aliphatic heterocycles. The number of benzene rings is 3. The molecular formula is C19H17FN2O4S2. The van der Waals surface area contributed by atoms with Crippen molar-refractivity contribution in [3.63, 3.8) is 0 Å². The number of sulfonamides is 2. The molecule has 0 amide bonds. The standard InChI is InChI=1S/C19H17FN2O4S2/c1-14-7-10-17(22-27(23,24)18-5-3-2-4-6-18)13-19(14)28(25,26)21-16-11-8-15(20)9-12-16/h2-13,21-22H,1H3. The highest BCUT2D eigenvalue weighted by Gasteiger charge is 2.20. The first kappa shape index (κ1) is 19.8. The van der Waals surface area contributed by atoms with Crippen molar-refractivity contribution in [2.24, 2.45) is 0 Å². The van der Waals surface area contributed by atoms with E-state index in [2.05, 4.69) is 9.44 Å². The molecule has 0 radical (unpaired) electrons. The van der Waals surface area contributed by atoms with E-state index in [1.54, 1.807) is 25.1 Å². The number of rotatable bonds is 6. The lowest BCUT2D eigenvalue weighted by Crippen LogP contribution is -2.16. The second-order valence-corrected chi connectivity index (χ2v) is 9.34. The van der Waals surface area contributed by atoms with Gasteiger partial charge in [0.25, 0.3) is 20.0 Å². The van der Waals surface area contributed by atoms with Crippen LogP contribution in [0.1, 0.15) is 5.56 Å². The van der Waals surface area contributed by atoms with E-state index in [4.69, 9.17) is 0 Å². The zero-order valence-electron chi connectivity index (χ0n) is 14.8. The summed E-state index contributed by atoms with van der Waals surface area (Å²) in [5, 5.41) is 0. The molecule has 2 N–H and O–H groups in total. The Bertz CT molecular complexity index is 1190. The SMILES string of the molecule is Cc1ccc(NS(=O)(=O)c2ccccc2)cc1S(=O)(=O)Nc1ccc(F)cc1. The minimum Gasteiger partial charge on any atom is -0.280 e. The van der Waals surface area contributed by atoms with Crippen LogP contribution >= 0.6 is 0 Å². The summed E-state index contributed by atoms with van der Waals surface area (Å²) in [6.07, 6.45) is 0. The molecule has 3 aromatic rings. The Hall–Kier alpha value is -2.91. The highest BCUT2D eigenvalue weighted by atomic mass is 32.2. The van der Waals surface area contributed by atoms with E-state index in [-0.39, 0.29) is 21.2 Å². The van der Waals surface area contributed by atoms with Gasteiger partial charge in [-0.1, -0.05) is 24.3 Å². The van der Waals surface area contributed by atoms with Crippen molar-refractivity contribution in [2.45, 2.75) is 16.7 Å². The summed E-state index contributed by atoms with van der Waals surface area (Å²) in [5.74, 6) is -0.489. The van der Waals surface area contributed by atoms with Crippen LogP contribution in [0.3, 0.4) is 0 Å². The van der Waals surface area contributed by atoms with E-state index in [0.29, 0.717) is 5.56 Å². The molecule has 0 saturated heterocycles. The third-order valence-corrected chi connectivity index (χ3v) is 6.80. The highest BCUT2D eigenvalue weighted by Crippen LogP contribution is 2.24. The van der Waals surface area contributed by atoms with Gasteiger partial charge in [-0.25, -0.2) is 21.2 Å². The smallest absolute Gasteiger partial charge is 0.262 e. The van der Waals surface area contributed by atoms with E-state index < -0.39 is 25.9 Å². The van der Waals surface area contributed by atoms with Gasteiger partial charge >= 0.3 is 0 Å². The van der Waals surface area contributed by atoms with Crippen molar-refractivity contribution in [1.82, 2.24) is 0 Å². The van der Waals surface area contributed by atoms with Crippen molar-refractivity contribution >= 4 is 31.4 Å². The molecule has 9 heteroatoms. The molecule has 3 aromatic carbocycles. The van der Waals surface area contributed by atoms with Gasteiger partial charge in [0.05, 0.1) is 15.5 Å². The maximum atomic E-state index is 13.0. The zero-order chi connectivity index (χ0) is 20.4. The summed E-state index contributed by atoms with van der Waals surface area (Å²) in [5.41, 5.74) is 0.724. The van der Waals surface area contributed by atoms with Gasteiger partial charge in [-0.15, -0.1) is 0 Å². The molecule has 0 fully saturated rings. The number of aryl methyl sites for hydroxylation is 1. The average Bonchev–Trinajstić information content (AvgIpc) is 2.65. The van der Waals surface area contributed by atoms with Crippen molar-refractivity contribution in [2.75, 3.05) is 9.44 Å². The molecule has 0 unspecified atom stereocenters. The van der Waals surface area contributed by atoms with Gasteiger partial charge in [0.1, 0.15) is 5.82 Å². The van der Waals surface area contributed by atoms with E-state index in [1.807, 2.05) is 0 Å². The third kappa shape index (κ3) is 4.49. The molecule has 3 rings (SSSR count). The molecule has 0 saturated carbocycles. The number of nitrogens with one attached hydrogen (secondary N) is 2. The topological polar surface area (TPSA) is 92.3 Å². The Morgan fingerprint density at radius 1 is 0.714 bits per heavy atom. The first-order valence-corrected chi connectivity index (χ1v) is 11.1. The Balaban J connectivity index is 1.92. The van der Waals surface area contributed by atoms with Crippen molar-refractivity contribution in [3.05, 3.63) is 84.2 Å². The summed E-state index contributed by atoms with van der Waals surface area (Å²) < 4.78 is 68.1. The van der Waals surface area contributed by atoms with Gasteiger partial charge in [-0.2, -0.15) is 0 Å². The molecule has 0 aromatic heterocycles. The van der Waals surface area contributed by atoms with Crippen molar-refractivity contribution in [1.29, 1.82) is 0 Å². The van der Waals surface area contributed by atoms with E-state index in [1.165, 1.54) is 42.5 Å². The molecule has 0 atom stereocenters. The van der Waals surface area contributed by atoms with Gasteiger partial charge in [0, 0.05) is 5.69 Å². The van der Waals surface area contributed by atoms with Crippen LogP contribution in [0.5, 0.6) is 0 Å². The predicted molar refractivity (Wildman–Crippen MR) is 106 cm³/mol. The van der Waals surface area contributed by atoms with Gasteiger partial charge in [-0.05, 0) is 61.0 Å². The summed E-state index contributed by atoms with van der Waals surface area (Å²) in [6, 6.07) is 16.8. The number of hydrogen-bond donors (Lipinski definition) is 2. The highest BCUT2D eigenvalue weighted by molar-refractivity contribution is 7.93. The van der Waals surface area contributed by atoms with Crippen LogP contribution in [-0.2, 0) is 20.0 Å². The molecule has 0 aliphatic carbocycles. The van der Waals surface area contributed by atoms with Crippen molar-refractivity contribution < 1.29 is 21.2 Å². The summed E-state index contributed by atoms with van der Waals surface area (Å²) in [4.78, 5) is -0.0329. The van der Waals surface area contributed by atoms with Crippen LogP contribution in [0.2, 0.25) is 0 Å². The molecule has 146 valence electrons. The molecule has 0 aliphatic rings. The van der Waals surface area contributed by atoms with E-state index in [9.17, 15) is 21.2 Å². The second kappa shape index (κ2) is 7.61. The summed E-state index contributed by atoms with van der Waals surface area (Å²) >= 11 is 0. The molecule has 6 nitrogen and oxygen atoms in total. The average molecular weight is 420 g/mol. The summed E-state index contributed by atoms with van der Waals surface area (Å²) in [7, 11) is -7.87. The zero-order valence-corrected chi connectivity index (χ0v) is 16.4. The van der Waals surface area contributed by atoms with Crippen LogP contribution < -0.4 is 9.44 Å². The Kier molecular flexibility index (Phi) is 5.39. The van der Waals surface area contributed by atoms with Crippen LogP contribution in [0.4, 0.5) is 15.8 Å². The predicted octanol–water partition coefficient (Wildman–Crippen LogP) is 3.74. The van der Waals surface area contributed by atoms with E-state index >= 15 is 0 Å². The maximum absolute atomic E-state index is 13.0. The number of halogens is 1. The lowest BCUT2D eigenvalue weighted by Gasteiger charge is -2.13. The largest absolute Gasteiger partial charge is 0.280 e. The van der Waals surface area contributed by atoms with Gasteiger partial charge in [0.2, 0.25) is 0 Å². The minimum atomic E-state index is -4.01. The normalized spacial score (nSPS) is 11.8. The minimum absolute atomic E-state index is 0.0596. The first-order chi connectivity index (χ1) is 13.2. The van der Waals surface area contributed by atoms with Crippen LogP contribution in [0.15, 0.2) is 82.6 Å². The fourth-order valence-electron chi connectivity index (χ4n) is 2.49. The molecule has 0 heterocycles. The van der Waals surface area contributed by atoms with Gasteiger partial charge in [-0.3, -0.25) is 9.44 Å². The summed E-state index contributed by atoms with van der Waals surface area (Å²) in [6.45, 7) is 1.59. The lowest BCUT2D eigenvalue weighted by atomic mass is 10.2. The molecule has 0 spiro atoms. The molecule has 28 heavy (non-hydrogen) atoms. The van der Waals surface area contributed by atoms with Gasteiger partial charge < -0.3 is 0 Å². The molecule has 0 bridgehead atoms. The fraction of sp³-hybridized carbons (Fsp3) is 0.0526. The third-order valence-electron chi connectivity index (χ3n) is 3.88. The monoisotopic (exact) mass is 420 g/mol. The van der Waals surface area contributed by atoms with Crippen molar-refractivity contribution in [3.8, 4) is 0 Å². The van der Waals surface area contributed by atoms with Crippen LogP contribution in [-0.4, -0.2) is 16.8 Å². The Labute approximate surface area is 163 Å². The maximum Gasteiger partial charge on any atom is 0.262 e. The van der Waals surface area contributed by atoms with E-state index in [0.717, 1.165) is 12.1 Å². The van der Waals surface area contributed by atoms with Crippen LogP contribution in [0, 0.1) is 12.7 Å². The second-order valence-electron chi connectivity index (χ2n) is 6.01. The number of anilines is 2. The van der Waals surface area contributed by atoms with Crippen LogP contribution in [0.25, 0.3) is 0 Å². The Morgan fingerprint density at radius 3 is 1.93 bits per heavy atom.